The molecule has 6 nitrogen and oxygen atoms in total. The van der Waals surface area contributed by atoms with E-state index in [9.17, 15) is 19.8 Å². The van der Waals surface area contributed by atoms with Crippen LogP contribution in [0.4, 0.5) is 0 Å². The van der Waals surface area contributed by atoms with Gasteiger partial charge in [0.2, 0.25) is 5.91 Å². The van der Waals surface area contributed by atoms with E-state index in [0.717, 1.165) is 38.5 Å². The van der Waals surface area contributed by atoms with Crippen LogP contribution in [0, 0.1) is 0 Å². The zero-order valence-electron chi connectivity index (χ0n) is 44.7. The lowest BCUT2D eigenvalue weighted by atomic mass is 10.0. The minimum Gasteiger partial charge on any atom is -0.466 e. The van der Waals surface area contributed by atoms with Crippen molar-refractivity contribution in [2.45, 2.75) is 347 Å². The van der Waals surface area contributed by atoms with Gasteiger partial charge in [0.1, 0.15) is 0 Å². The highest BCUT2D eigenvalue weighted by Gasteiger charge is 2.20. The summed E-state index contributed by atoms with van der Waals surface area (Å²) in [6.45, 7) is 4.96. The highest BCUT2D eigenvalue weighted by atomic mass is 16.5. The molecule has 0 heterocycles. The SMILES string of the molecule is CCCCCCCCCCCCCCCCC(=O)OCCCCCCCCCCCCCC/C=C\CCCCCCCCCCC(=O)NC(CO)C(O)CCCCCCCCCCCCC. The van der Waals surface area contributed by atoms with E-state index >= 15 is 0 Å². The molecule has 0 radical (unpaired) electrons. The average Bonchev–Trinajstić information content (AvgIpc) is 3.32. The maximum absolute atomic E-state index is 12.4. The molecule has 2 unspecified atom stereocenters. The molecular formula is C60H117NO5. The first-order valence-electron chi connectivity index (χ1n) is 29.9. The summed E-state index contributed by atoms with van der Waals surface area (Å²) in [6.07, 6.45) is 66.5. The monoisotopic (exact) mass is 932 g/mol. The van der Waals surface area contributed by atoms with Gasteiger partial charge in [-0.05, 0) is 51.4 Å². The molecule has 0 aliphatic carbocycles. The molecular weight excluding hydrogens is 815 g/mol. The second-order valence-corrected chi connectivity index (χ2v) is 20.7. The molecule has 392 valence electrons. The van der Waals surface area contributed by atoms with E-state index < -0.39 is 12.1 Å². The number of aliphatic hydroxyl groups is 2. The fraction of sp³-hybridized carbons (Fsp3) is 0.933. The van der Waals surface area contributed by atoms with Gasteiger partial charge in [-0.1, -0.05) is 283 Å². The van der Waals surface area contributed by atoms with Crippen LogP contribution in [0.15, 0.2) is 12.2 Å². The first kappa shape index (κ1) is 64.6. The van der Waals surface area contributed by atoms with Crippen molar-refractivity contribution in [3.63, 3.8) is 0 Å². The number of hydrogen-bond donors (Lipinski definition) is 3. The second-order valence-electron chi connectivity index (χ2n) is 20.7. The zero-order chi connectivity index (χ0) is 47.9. The lowest BCUT2D eigenvalue weighted by molar-refractivity contribution is -0.143. The first-order chi connectivity index (χ1) is 32.5. The predicted molar refractivity (Wildman–Crippen MR) is 287 cm³/mol. The lowest BCUT2D eigenvalue weighted by Crippen LogP contribution is -2.45. The highest BCUT2D eigenvalue weighted by molar-refractivity contribution is 5.76. The number of ether oxygens (including phenoxy) is 1. The van der Waals surface area contributed by atoms with Crippen molar-refractivity contribution >= 4 is 11.9 Å². The van der Waals surface area contributed by atoms with Crippen molar-refractivity contribution in [3.05, 3.63) is 12.2 Å². The number of esters is 1. The standard InChI is InChI=1S/C60H117NO5/c1-3-5-7-9-11-13-15-16-30-34-38-42-46-50-54-60(65)66-55-51-47-43-39-35-31-28-26-24-22-20-18-17-19-21-23-25-27-29-33-37-41-45-49-53-59(64)61-57(56-62)58(63)52-48-44-40-36-32-14-12-10-8-6-4-2/h19,21,57-58,62-63H,3-18,20,22-56H2,1-2H3,(H,61,64)/b21-19-. The Labute approximate surface area is 412 Å². The zero-order valence-corrected chi connectivity index (χ0v) is 44.7. The summed E-state index contributed by atoms with van der Waals surface area (Å²) in [6, 6.07) is -0.542. The maximum Gasteiger partial charge on any atom is 0.305 e. The van der Waals surface area contributed by atoms with E-state index in [4.69, 9.17) is 4.74 Å². The van der Waals surface area contributed by atoms with Crippen LogP contribution in [0.5, 0.6) is 0 Å². The van der Waals surface area contributed by atoms with Crippen molar-refractivity contribution < 1.29 is 24.5 Å². The van der Waals surface area contributed by atoms with E-state index in [1.54, 1.807) is 0 Å². The summed E-state index contributed by atoms with van der Waals surface area (Å²) in [4.78, 5) is 24.5. The van der Waals surface area contributed by atoms with E-state index in [-0.39, 0.29) is 18.5 Å². The molecule has 0 bridgehead atoms. The fourth-order valence-electron chi connectivity index (χ4n) is 9.46. The second kappa shape index (κ2) is 56.2. The van der Waals surface area contributed by atoms with Gasteiger partial charge in [0.05, 0.1) is 25.4 Å². The molecule has 0 spiro atoms. The average molecular weight is 933 g/mol. The van der Waals surface area contributed by atoms with Crippen molar-refractivity contribution in [1.29, 1.82) is 0 Å². The number of rotatable bonds is 56. The molecule has 0 aromatic carbocycles. The summed E-state index contributed by atoms with van der Waals surface area (Å²) in [7, 11) is 0. The Kier molecular flexibility index (Phi) is 55.0. The van der Waals surface area contributed by atoms with Crippen molar-refractivity contribution in [3.8, 4) is 0 Å². The predicted octanol–water partition coefficient (Wildman–Crippen LogP) is 18.5. The summed E-state index contributed by atoms with van der Waals surface area (Å²) in [5.74, 6) is -0.0241. The number of amides is 1. The van der Waals surface area contributed by atoms with Gasteiger partial charge in [0, 0.05) is 12.8 Å². The lowest BCUT2D eigenvalue weighted by Gasteiger charge is -2.22. The third kappa shape index (κ3) is 52.0. The third-order valence-electron chi connectivity index (χ3n) is 14.1. The number of unbranched alkanes of at least 4 members (excludes halogenated alkanes) is 43. The number of allylic oxidation sites excluding steroid dienone is 2. The van der Waals surface area contributed by atoms with Crippen LogP contribution >= 0.6 is 0 Å². The molecule has 0 fully saturated rings. The Balaban J connectivity index is 3.37. The summed E-state index contributed by atoms with van der Waals surface area (Å²) in [5, 5.41) is 23.2. The smallest absolute Gasteiger partial charge is 0.305 e. The Bertz CT molecular complexity index is 986. The van der Waals surface area contributed by atoms with Gasteiger partial charge in [0.15, 0.2) is 0 Å². The summed E-state index contributed by atoms with van der Waals surface area (Å²) >= 11 is 0. The molecule has 0 rings (SSSR count). The van der Waals surface area contributed by atoms with Crippen LogP contribution in [0.3, 0.4) is 0 Å². The van der Waals surface area contributed by atoms with E-state index in [2.05, 4.69) is 31.3 Å². The van der Waals surface area contributed by atoms with Crippen molar-refractivity contribution in [1.82, 2.24) is 5.32 Å². The van der Waals surface area contributed by atoms with Gasteiger partial charge < -0.3 is 20.3 Å². The highest BCUT2D eigenvalue weighted by Crippen LogP contribution is 2.17. The van der Waals surface area contributed by atoms with Gasteiger partial charge in [-0.2, -0.15) is 0 Å². The summed E-state index contributed by atoms with van der Waals surface area (Å²) < 4.78 is 5.48. The topological polar surface area (TPSA) is 95.9 Å². The van der Waals surface area contributed by atoms with Crippen LogP contribution in [0.1, 0.15) is 335 Å². The Morgan fingerprint density at radius 1 is 0.409 bits per heavy atom. The molecule has 0 aliphatic rings. The largest absolute Gasteiger partial charge is 0.466 e. The van der Waals surface area contributed by atoms with E-state index in [1.165, 1.54) is 263 Å². The fourth-order valence-corrected chi connectivity index (χ4v) is 9.46. The minimum absolute atomic E-state index is 0.0152. The number of carbonyl (C=O) groups excluding carboxylic acids is 2. The molecule has 0 saturated heterocycles. The van der Waals surface area contributed by atoms with Crippen LogP contribution < -0.4 is 5.32 Å². The van der Waals surface area contributed by atoms with Crippen LogP contribution in [0.2, 0.25) is 0 Å². The van der Waals surface area contributed by atoms with Crippen LogP contribution in [0.25, 0.3) is 0 Å². The Morgan fingerprint density at radius 2 is 0.712 bits per heavy atom. The van der Waals surface area contributed by atoms with Crippen molar-refractivity contribution in [2.24, 2.45) is 0 Å². The quantitative estimate of drug-likeness (QED) is 0.0321. The first-order valence-corrected chi connectivity index (χ1v) is 29.9. The Hall–Kier alpha value is -1.40. The number of aliphatic hydroxyl groups excluding tert-OH is 2. The molecule has 3 N–H and O–H groups in total. The molecule has 0 aromatic rings. The molecule has 2 atom stereocenters. The molecule has 66 heavy (non-hydrogen) atoms. The minimum atomic E-state index is -0.664. The number of carbonyl (C=O) groups is 2. The normalized spacial score (nSPS) is 12.6. The molecule has 0 aliphatic heterocycles. The van der Waals surface area contributed by atoms with Gasteiger partial charge in [-0.15, -0.1) is 0 Å². The maximum atomic E-state index is 12.4. The van der Waals surface area contributed by atoms with Gasteiger partial charge in [0.25, 0.3) is 0 Å². The Morgan fingerprint density at radius 3 is 1.08 bits per heavy atom. The summed E-state index contributed by atoms with van der Waals surface area (Å²) in [5.41, 5.74) is 0. The van der Waals surface area contributed by atoms with E-state index in [0.29, 0.717) is 25.9 Å². The molecule has 0 aromatic heterocycles. The van der Waals surface area contributed by atoms with E-state index in [1.807, 2.05) is 0 Å². The van der Waals surface area contributed by atoms with Crippen molar-refractivity contribution in [2.75, 3.05) is 13.2 Å². The van der Waals surface area contributed by atoms with Gasteiger partial charge >= 0.3 is 5.97 Å². The third-order valence-corrected chi connectivity index (χ3v) is 14.1. The van der Waals surface area contributed by atoms with Crippen LogP contribution in [-0.4, -0.2) is 47.4 Å². The van der Waals surface area contributed by atoms with Gasteiger partial charge in [-0.25, -0.2) is 0 Å². The number of hydrogen-bond acceptors (Lipinski definition) is 5. The molecule has 6 heteroatoms. The van der Waals surface area contributed by atoms with Gasteiger partial charge in [-0.3, -0.25) is 9.59 Å². The molecule has 1 amide bonds. The number of nitrogens with one attached hydrogen (secondary N) is 1. The molecule has 0 saturated carbocycles. The van der Waals surface area contributed by atoms with Crippen LogP contribution in [-0.2, 0) is 14.3 Å².